The summed E-state index contributed by atoms with van der Waals surface area (Å²) in [5, 5.41) is -1.38. The van der Waals surface area contributed by atoms with Gasteiger partial charge in [-0.15, -0.1) is 3.89 Å². The first-order valence-electron chi connectivity index (χ1n) is 4.67. The lowest BCUT2D eigenvalue weighted by Gasteiger charge is -2.14. The molecular weight excluding hydrogens is 253 g/mol. The third-order valence-electron chi connectivity index (χ3n) is 2.44. The van der Waals surface area contributed by atoms with Crippen molar-refractivity contribution < 1.29 is 17.1 Å². The summed E-state index contributed by atoms with van der Waals surface area (Å²) in [6.07, 6.45) is 0.752. The highest BCUT2D eigenvalue weighted by atomic mass is 32.3. The minimum Gasteiger partial charge on any atom is -0.297 e. The second-order valence-corrected chi connectivity index (χ2v) is 5.18. The van der Waals surface area contributed by atoms with Gasteiger partial charge in [0.2, 0.25) is 5.91 Å². The van der Waals surface area contributed by atoms with Crippen LogP contribution in [0.2, 0.25) is 0 Å². The van der Waals surface area contributed by atoms with Crippen molar-refractivity contribution in [2.75, 3.05) is 11.4 Å². The first-order chi connectivity index (χ1) is 7.88. The Bertz CT molecular complexity index is 611. The molecule has 1 saturated heterocycles. The van der Waals surface area contributed by atoms with Crippen LogP contribution in [0.4, 0.5) is 9.70 Å². The van der Waals surface area contributed by atoms with Crippen molar-refractivity contribution in [3.63, 3.8) is 0 Å². The summed E-state index contributed by atoms with van der Waals surface area (Å²) in [5.41, 5.74) is -0.665. The second-order valence-electron chi connectivity index (χ2n) is 3.57. The van der Waals surface area contributed by atoms with Crippen LogP contribution in [0.15, 0.2) is 17.1 Å². The SMILES string of the molecule is O=C1CC(S(=O)(=O)F)CN1c1ccnc(=O)[nH]1. The number of H-pyrrole nitrogens is 1. The lowest BCUT2D eigenvalue weighted by molar-refractivity contribution is -0.117. The lowest BCUT2D eigenvalue weighted by Crippen LogP contribution is -2.29. The molecule has 0 bridgehead atoms. The average molecular weight is 261 g/mol. The highest BCUT2D eigenvalue weighted by molar-refractivity contribution is 7.87. The van der Waals surface area contributed by atoms with Gasteiger partial charge in [-0.1, -0.05) is 0 Å². The standard InChI is InChI=1S/C8H8FN3O4S/c9-17(15,16)5-3-7(13)12(4-5)6-1-2-10-8(14)11-6/h1-2,5H,3-4H2,(H,10,11,14). The number of nitrogens with zero attached hydrogens (tertiary/aromatic N) is 2. The number of nitrogens with one attached hydrogen (secondary N) is 1. The Morgan fingerprint density at radius 2 is 2.18 bits per heavy atom. The van der Waals surface area contributed by atoms with Crippen molar-refractivity contribution in [3.05, 3.63) is 22.7 Å². The average Bonchev–Trinajstić information content (AvgIpc) is 2.60. The molecule has 1 unspecified atom stereocenters. The van der Waals surface area contributed by atoms with Gasteiger partial charge in [-0.05, 0) is 6.07 Å². The Labute approximate surface area is 95.5 Å². The molecule has 0 radical (unpaired) electrons. The topological polar surface area (TPSA) is 100 Å². The highest BCUT2D eigenvalue weighted by Crippen LogP contribution is 2.23. The van der Waals surface area contributed by atoms with Gasteiger partial charge in [0, 0.05) is 19.2 Å². The van der Waals surface area contributed by atoms with Crippen LogP contribution in [0.1, 0.15) is 6.42 Å². The number of aromatic amines is 1. The van der Waals surface area contributed by atoms with Crippen LogP contribution in [-0.2, 0) is 15.0 Å². The minimum atomic E-state index is -4.76. The molecule has 2 rings (SSSR count). The third-order valence-corrected chi connectivity index (χ3v) is 3.55. The predicted octanol–water partition coefficient (Wildman–Crippen LogP) is -0.826. The zero-order valence-corrected chi connectivity index (χ0v) is 9.28. The fourth-order valence-corrected chi connectivity index (χ4v) is 2.28. The molecule has 1 aliphatic rings. The fourth-order valence-electron chi connectivity index (χ4n) is 1.61. The molecule has 1 amide bonds. The lowest BCUT2D eigenvalue weighted by atomic mass is 10.4. The number of carbonyl (C=O) groups excluding carboxylic acids is 1. The number of amides is 1. The van der Waals surface area contributed by atoms with Gasteiger partial charge in [0.1, 0.15) is 11.1 Å². The van der Waals surface area contributed by atoms with Gasteiger partial charge in [0.05, 0.1) is 0 Å². The van der Waals surface area contributed by atoms with E-state index in [9.17, 15) is 21.9 Å². The quantitative estimate of drug-likeness (QED) is 0.701. The van der Waals surface area contributed by atoms with Crippen molar-refractivity contribution in [1.29, 1.82) is 0 Å². The van der Waals surface area contributed by atoms with Gasteiger partial charge in [0.25, 0.3) is 0 Å². The number of rotatable bonds is 2. The first-order valence-corrected chi connectivity index (χ1v) is 6.12. The number of aromatic nitrogens is 2. The van der Waals surface area contributed by atoms with Crippen molar-refractivity contribution in [1.82, 2.24) is 9.97 Å². The first kappa shape index (κ1) is 11.7. The third kappa shape index (κ3) is 2.33. The van der Waals surface area contributed by atoms with Crippen LogP contribution < -0.4 is 10.6 Å². The Morgan fingerprint density at radius 3 is 2.71 bits per heavy atom. The van der Waals surface area contributed by atoms with Gasteiger partial charge < -0.3 is 0 Å². The normalized spacial score (nSPS) is 20.9. The van der Waals surface area contributed by atoms with E-state index in [0.717, 1.165) is 4.90 Å². The maximum Gasteiger partial charge on any atom is 0.346 e. The van der Waals surface area contributed by atoms with E-state index >= 15 is 0 Å². The summed E-state index contributed by atoms with van der Waals surface area (Å²) in [6.45, 7) is -0.308. The number of carbonyl (C=O) groups is 1. The predicted molar refractivity (Wildman–Crippen MR) is 55.6 cm³/mol. The van der Waals surface area contributed by atoms with Gasteiger partial charge >= 0.3 is 15.9 Å². The molecule has 0 spiro atoms. The zero-order valence-electron chi connectivity index (χ0n) is 8.46. The molecule has 7 nitrogen and oxygen atoms in total. The molecule has 1 aliphatic heterocycles. The van der Waals surface area contributed by atoms with Gasteiger partial charge in [0.15, 0.2) is 0 Å². The van der Waals surface area contributed by atoms with E-state index in [4.69, 9.17) is 0 Å². The maximum absolute atomic E-state index is 12.7. The Morgan fingerprint density at radius 1 is 1.47 bits per heavy atom. The molecule has 1 aromatic rings. The van der Waals surface area contributed by atoms with Crippen LogP contribution in [0.25, 0.3) is 0 Å². The Kier molecular flexibility index (Phi) is 2.69. The smallest absolute Gasteiger partial charge is 0.297 e. The summed E-state index contributed by atoms with van der Waals surface area (Å²) in [4.78, 5) is 29.1. The van der Waals surface area contributed by atoms with E-state index < -0.39 is 33.5 Å². The van der Waals surface area contributed by atoms with Crippen LogP contribution in [-0.4, -0.2) is 36.1 Å². The largest absolute Gasteiger partial charge is 0.346 e. The van der Waals surface area contributed by atoms with Crippen molar-refractivity contribution >= 4 is 21.9 Å². The van der Waals surface area contributed by atoms with E-state index in [-0.39, 0.29) is 12.4 Å². The summed E-state index contributed by atoms with van der Waals surface area (Å²) in [7, 11) is -4.76. The molecule has 0 aliphatic carbocycles. The molecule has 9 heteroatoms. The van der Waals surface area contributed by atoms with Gasteiger partial charge in [-0.25, -0.2) is 9.78 Å². The van der Waals surface area contributed by atoms with Gasteiger partial charge in [-0.3, -0.25) is 14.7 Å². The van der Waals surface area contributed by atoms with Crippen LogP contribution in [0.5, 0.6) is 0 Å². The molecular formula is C8H8FN3O4S. The number of hydrogen-bond acceptors (Lipinski definition) is 5. The Hall–Kier alpha value is -1.77. The molecule has 2 heterocycles. The molecule has 1 N–H and O–H groups in total. The summed E-state index contributed by atoms with van der Waals surface area (Å²) in [6, 6.07) is 1.34. The second kappa shape index (κ2) is 3.91. The van der Waals surface area contributed by atoms with E-state index in [0.29, 0.717) is 0 Å². The molecule has 0 saturated carbocycles. The molecule has 1 aromatic heterocycles. The molecule has 1 atom stereocenters. The van der Waals surface area contributed by atoms with Crippen molar-refractivity contribution in [2.45, 2.75) is 11.7 Å². The zero-order chi connectivity index (χ0) is 12.6. The number of anilines is 1. The van der Waals surface area contributed by atoms with Crippen LogP contribution >= 0.6 is 0 Å². The summed E-state index contributed by atoms with van der Waals surface area (Å²) in [5.74, 6) is -0.445. The molecule has 1 fully saturated rings. The van der Waals surface area contributed by atoms with Crippen LogP contribution in [0.3, 0.4) is 0 Å². The number of hydrogen-bond donors (Lipinski definition) is 1. The Balaban J connectivity index is 2.31. The summed E-state index contributed by atoms with van der Waals surface area (Å²) < 4.78 is 34.1. The van der Waals surface area contributed by atoms with E-state index in [2.05, 4.69) is 9.97 Å². The summed E-state index contributed by atoms with van der Waals surface area (Å²) >= 11 is 0. The minimum absolute atomic E-state index is 0.112. The van der Waals surface area contributed by atoms with Crippen molar-refractivity contribution in [3.8, 4) is 0 Å². The fraction of sp³-hybridized carbons (Fsp3) is 0.375. The van der Waals surface area contributed by atoms with Crippen LogP contribution in [0, 0.1) is 0 Å². The maximum atomic E-state index is 12.7. The molecule has 0 aromatic carbocycles. The van der Waals surface area contributed by atoms with E-state index in [1.54, 1.807) is 0 Å². The van der Waals surface area contributed by atoms with E-state index in [1.165, 1.54) is 12.3 Å². The molecule has 92 valence electrons. The van der Waals surface area contributed by atoms with Crippen molar-refractivity contribution in [2.24, 2.45) is 0 Å². The molecule has 17 heavy (non-hydrogen) atoms. The van der Waals surface area contributed by atoms with Gasteiger partial charge in [-0.2, -0.15) is 8.42 Å². The monoisotopic (exact) mass is 261 g/mol. The highest BCUT2D eigenvalue weighted by Gasteiger charge is 2.39. The number of halogens is 1. The van der Waals surface area contributed by atoms with E-state index in [1.807, 2.05) is 0 Å².